The number of rotatable bonds is 4. The fraction of sp³-hybridized carbons (Fsp3) is 0.526. The van der Waals surface area contributed by atoms with Gasteiger partial charge in [-0.1, -0.05) is 30.5 Å². The van der Waals surface area contributed by atoms with Gasteiger partial charge in [-0.05, 0) is 44.2 Å². The highest BCUT2D eigenvalue weighted by Gasteiger charge is 2.33. The van der Waals surface area contributed by atoms with Gasteiger partial charge in [-0.15, -0.1) is 0 Å². The molecule has 2 saturated carbocycles. The number of amides is 1. The van der Waals surface area contributed by atoms with Crippen molar-refractivity contribution >= 4 is 11.7 Å². The Kier molecular flexibility index (Phi) is 4.08. The van der Waals surface area contributed by atoms with Crippen molar-refractivity contribution in [3.05, 3.63) is 41.4 Å². The van der Waals surface area contributed by atoms with E-state index in [1.54, 1.807) is 0 Å². The zero-order valence-electron chi connectivity index (χ0n) is 14.1. The average Bonchev–Trinajstić information content (AvgIpc) is 3.35. The molecule has 0 unspecified atom stereocenters. The SMILES string of the molecule is Cc1ccc(N(C(=O)c2cc(C3CC3)on2)C2CCCCC2)nc1. The molecule has 2 aromatic heterocycles. The van der Waals surface area contributed by atoms with Crippen LogP contribution in [0.5, 0.6) is 0 Å². The Morgan fingerprint density at radius 3 is 2.62 bits per heavy atom. The summed E-state index contributed by atoms with van der Waals surface area (Å²) in [7, 11) is 0. The minimum atomic E-state index is -0.0890. The summed E-state index contributed by atoms with van der Waals surface area (Å²) >= 11 is 0. The molecule has 0 atom stereocenters. The van der Waals surface area contributed by atoms with Crippen LogP contribution in [-0.4, -0.2) is 22.1 Å². The lowest BCUT2D eigenvalue weighted by molar-refractivity contribution is 0.0960. The van der Waals surface area contributed by atoms with Gasteiger partial charge in [0.25, 0.3) is 5.91 Å². The number of carbonyl (C=O) groups is 1. The summed E-state index contributed by atoms with van der Waals surface area (Å²) in [4.78, 5) is 19.5. The van der Waals surface area contributed by atoms with Gasteiger partial charge in [-0.2, -0.15) is 0 Å². The number of nitrogens with zero attached hydrogens (tertiary/aromatic N) is 3. The smallest absolute Gasteiger partial charge is 0.281 e. The highest BCUT2D eigenvalue weighted by Crippen LogP contribution is 2.40. The van der Waals surface area contributed by atoms with Crippen molar-refractivity contribution in [2.24, 2.45) is 0 Å². The molecule has 5 nitrogen and oxygen atoms in total. The second kappa shape index (κ2) is 6.38. The normalized spacial score (nSPS) is 18.5. The zero-order valence-corrected chi connectivity index (χ0v) is 14.1. The highest BCUT2D eigenvalue weighted by molar-refractivity contribution is 6.04. The molecule has 1 amide bonds. The first kappa shape index (κ1) is 15.4. The maximum Gasteiger partial charge on any atom is 0.281 e. The summed E-state index contributed by atoms with van der Waals surface area (Å²) in [6.07, 6.45) is 9.69. The van der Waals surface area contributed by atoms with Crippen molar-refractivity contribution in [2.45, 2.75) is 63.8 Å². The second-order valence-electron chi connectivity index (χ2n) is 7.05. The van der Waals surface area contributed by atoms with Crippen molar-refractivity contribution in [1.29, 1.82) is 0 Å². The molecule has 0 bridgehead atoms. The molecule has 0 aliphatic heterocycles. The molecule has 0 spiro atoms. The minimum Gasteiger partial charge on any atom is -0.360 e. The first-order chi connectivity index (χ1) is 11.7. The monoisotopic (exact) mass is 325 g/mol. The molecule has 4 rings (SSSR count). The van der Waals surface area contributed by atoms with Crippen molar-refractivity contribution < 1.29 is 9.32 Å². The van der Waals surface area contributed by atoms with Gasteiger partial charge in [0.1, 0.15) is 11.6 Å². The van der Waals surface area contributed by atoms with E-state index in [1.807, 2.05) is 36.2 Å². The van der Waals surface area contributed by atoms with E-state index in [0.29, 0.717) is 17.4 Å². The number of anilines is 1. The molecule has 0 radical (unpaired) electrons. The van der Waals surface area contributed by atoms with E-state index in [9.17, 15) is 4.79 Å². The lowest BCUT2D eigenvalue weighted by Gasteiger charge is -2.33. The van der Waals surface area contributed by atoms with E-state index in [0.717, 1.165) is 49.8 Å². The molecule has 24 heavy (non-hydrogen) atoms. The van der Waals surface area contributed by atoms with Gasteiger partial charge in [-0.25, -0.2) is 4.98 Å². The van der Waals surface area contributed by atoms with Crippen LogP contribution < -0.4 is 4.90 Å². The predicted molar refractivity (Wildman–Crippen MR) is 91.1 cm³/mol. The van der Waals surface area contributed by atoms with E-state index in [-0.39, 0.29) is 11.9 Å². The number of aromatic nitrogens is 2. The molecular formula is C19H23N3O2. The predicted octanol–water partition coefficient (Wildman–Crippen LogP) is 4.23. The lowest BCUT2D eigenvalue weighted by atomic mass is 9.94. The van der Waals surface area contributed by atoms with Crippen LogP contribution in [0.4, 0.5) is 5.82 Å². The number of aryl methyl sites for hydroxylation is 1. The van der Waals surface area contributed by atoms with Crippen LogP contribution in [0.15, 0.2) is 28.9 Å². The summed E-state index contributed by atoms with van der Waals surface area (Å²) in [6, 6.07) is 5.96. The standard InChI is InChI=1S/C19H23N3O2/c1-13-7-10-18(20-12-13)22(15-5-3-2-4-6-15)19(23)16-11-17(24-21-16)14-8-9-14/h7,10-12,14-15H,2-6,8-9H2,1H3. The quantitative estimate of drug-likeness (QED) is 0.844. The third-order valence-electron chi connectivity index (χ3n) is 5.03. The second-order valence-corrected chi connectivity index (χ2v) is 7.05. The van der Waals surface area contributed by atoms with Crippen LogP contribution in [0, 0.1) is 6.92 Å². The molecule has 2 heterocycles. The minimum absolute atomic E-state index is 0.0890. The van der Waals surface area contributed by atoms with Gasteiger partial charge in [0.2, 0.25) is 0 Å². The summed E-state index contributed by atoms with van der Waals surface area (Å²) < 4.78 is 5.38. The van der Waals surface area contributed by atoms with Gasteiger partial charge < -0.3 is 4.52 Å². The molecule has 2 aliphatic carbocycles. The van der Waals surface area contributed by atoms with E-state index in [1.165, 1.54) is 6.42 Å². The van der Waals surface area contributed by atoms with E-state index in [2.05, 4.69) is 10.1 Å². The molecule has 0 aromatic carbocycles. The maximum atomic E-state index is 13.1. The van der Waals surface area contributed by atoms with Crippen molar-refractivity contribution in [2.75, 3.05) is 4.90 Å². The maximum absolute atomic E-state index is 13.1. The van der Waals surface area contributed by atoms with Crippen molar-refractivity contribution in [1.82, 2.24) is 10.1 Å². The topological polar surface area (TPSA) is 59.2 Å². The molecule has 2 fully saturated rings. The van der Waals surface area contributed by atoms with Crippen LogP contribution in [0.1, 0.15) is 72.7 Å². The van der Waals surface area contributed by atoms with Gasteiger partial charge in [-0.3, -0.25) is 9.69 Å². The Balaban J connectivity index is 1.64. The number of hydrogen-bond donors (Lipinski definition) is 0. The summed E-state index contributed by atoms with van der Waals surface area (Å²) in [5.74, 6) is 1.93. The van der Waals surface area contributed by atoms with Crippen LogP contribution in [0.25, 0.3) is 0 Å². The Morgan fingerprint density at radius 1 is 1.17 bits per heavy atom. The average molecular weight is 325 g/mol. The van der Waals surface area contributed by atoms with E-state index >= 15 is 0 Å². The van der Waals surface area contributed by atoms with Crippen LogP contribution in [0.2, 0.25) is 0 Å². The molecule has 126 valence electrons. The molecule has 2 aromatic rings. The van der Waals surface area contributed by atoms with E-state index in [4.69, 9.17) is 4.52 Å². The molecule has 0 saturated heterocycles. The first-order valence-corrected chi connectivity index (χ1v) is 8.95. The van der Waals surface area contributed by atoms with Crippen LogP contribution >= 0.6 is 0 Å². The Labute approximate surface area is 142 Å². The van der Waals surface area contributed by atoms with Gasteiger partial charge >= 0.3 is 0 Å². The Hall–Kier alpha value is -2.17. The molecule has 0 N–H and O–H groups in total. The lowest BCUT2D eigenvalue weighted by Crippen LogP contribution is -2.42. The van der Waals surface area contributed by atoms with Crippen molar-refractivity contribution in [3.8, 4) is 0 Å². The number of pyridine rings is 1. The fourth-order valence-corrected chi connectivity index (χ4v) is 3.47. The first-order valence-electron chi connectivity index (χ1n) is 8.95. The Morgan fingerprint density at radius 2 is 1.96 bits per heavy atom. The third kappa shape index (κ3) is 3.07. The fourth-order valence-electron chi connectivity index (χ4n) is 3.47. The molecule has 5 heteroatoms. The third-order valence-corrected chi connectivity index (χ3v) is 5.03. The van der Waals surface area contributed by atoms with Gasteiger partial charge in [0.15, 0.2) is 5.69 Å². The molecule has 2 aliphatic rings. The zero-order chi connectivity index (χ0) is 16.5. The number of hydrogen-bond acceptors (Lipinski definition) is 4. The number of carbonyl (C=O) groups excluding carboxylic acids is 1. The van der Waals surface area contributed by atoms with Crippen LogP contribution in [-0.2, 0) is 0 Å². The van der Waals surface area contributed by atoms with Crippen molar-refractivity contribution in [3.63, 3.8) is 0 Å². The van der Waals surface area contributed by atoms with Crippen LogP contribution in [0.3, 0.4) is 0 Å². The molecular weight excluding hydrogens is 302 g/mol. The largest absolute Gasteiger partial charge is 0.360 e. The van der Waals surface area contributed by atoms with Gasteiger partial charge in [0.05, 0.1) is 0 Å². The Bertz CT molecular complexity index is 712. The van der Waals surface area contributed by atoms with E-state index < -0.39 is 0 Å². The highest BCUT2D eigenvalue weighted by atomic mass is 16.5. The summed E-state index contributed by atoms with van der Waals surface area (Å²) in [5, 5.41) is 4.04. The summed E-state index contributed by atoms with van der Waals surface area (Å²) in [5.41, 5.74) is 1.50. The van der Waals surface area contributed by atoms with Gasteiger partial charge in [0, 0.05) is 24.2 Å². The summed E-state index contributed by atoms with van der Waals surface area (Å²) in [6.45, 7) is 2.00.